The maximum absolute atomic E-state index is 14.0. The minimum Gasteiger partial charge on any atom is -0.338 e. The number of fused-ring (bicyclic) bond motifs is 6. The van der Waals surface area contributed by atoms with Crippen LogP contribution in [0, 0.1) is 5.82 Å². The molecule has 0 saturated heterocycles. The van der Waals surface area contributed by atoms with E-state index in [0.717, 1.165) is 76.7 Å². The van der Waals surface area contributed by atoms with Crippen LogP contribution in [0.4, 0.5) is 31.5 Å². The highest BCUT2D eigenvalue weighted by Gasteiger charge is 2.26. The molecule has 6 heteroatoms. The number of hydrogen-bond acceptors (Lipinski definition) is 2. The first-order valence-corrected chi connectivity index (χ1v) is 23.3. The molecule has 0 amide bonds. The third kappa shape index (κ3) is 7.60. The number of anilines is 4. The predicted octanol–water partition coefficient (Wildman–Crippen LogP) is 16.6. The fourth-order valence-corrected chi connectivity index (χ4v) is 10.5. The van der Waals surface area contributed by atoms with Crippen LogP contribution < -0.4 is 9.80 Å². The Morgan fingerprint density at radius 2 is 1.42 bits per heavy atom. The van der Waals surface area contributed by atoms with Crippen LogP contribution in [-0.2, 0) is 6.42 Å². The van der Waals surface area contributed by atoms with E-state index in [1.165, 1.54) is 63.7 Å². The zero-order valence-electron chi connectivity index (χ0n) is 37.4. The highest BCUT2D eigenvalue weighted by Crippen LogP contribution is 2.42. The molecule has 4 nitrogen and oxygen atoms in total. The number of hydrogen-bond donors (Lipinski definition) is 0. The minimum absolute atomic E-state index is 0.128. The van der Waals surface area contributed by atoms with Gasteiger partial charge in [-0.1, -0.05) is 91.1 Å². The minimum atomic E-state index is -0.247. The molecule has 326 valence electrons. The third-order valence-electron chi connectivity index (χ3n) is 13.6. The van der Waals surface area contributed by atoms with Crippen molar-refractivity contribution in [2.45, 2.75) is 64.5 Å². The van der Waals surface area contributed by atoms with Crippen LogP contribution in [-0.4, -0.2) is 15.2 Å². The third-order valence-corrected chi connectivity index (χ3v) is 13.6. The maximum atomic E-state index is 14.0. The molecule has 2 unspecified atom stereocenters. The van der Waals surface area contributed by atoms with E-state index in [-0.39, 0.29) is 23.7 Å². The Labute approximate surface area is 385 Å². The van der Waals surface area contributed by atoms with Crippen LogP contribution >= 0.6 is 0 Å². The van der Waals surface area contributed by atoms with E-state index in [0.29, 0.717) is 6.42 Å². The van der Waals surface area contributed by atoms with E-state index in [2.05, 4.69) is 190 Å². The fourth-order valence-electron chi connectivity index (χ4n) is 10.5. The summed E-state index contributed by atoms with van der Waals surface area (Å²) >= 11 is 0. The number of benzene rings is 6. The van der Waals surface area contributed by atoms with Crippen molar-refractivity contribution < 1.29 is 8.78 Å². The molecule has 0 saturated carbocycles. The van der Waals surface area contributed by atoms with Gasteiger partial charge in [-0.3, -0.25) is 0 Å². The average Bonchev–Trinajstić information content (AvgIpc) is 3.87. The van der Waals surface area contributed by atoms with Crippen LogP contribution in [0.3, 0.4) is 0 Å². The number of halogens is 2. The smallest absolute Gasteiger partial charge is 0.123 e. The molecule has 3 aliphatic carbocycles. The van der Waals surface area contributed by atoms with Crippen molar-refractivity contribution in [2.75, 3.05) is 9.80 Å². The van der Waals surface area contributed by atoms with Crippen molar-refractivity contribution in [3.05, 3.63) is 222 Å². The van der Waals surface area contributed by atoms with Crippen molar-refractivity contribution in [3.8, 4) is 5.69 Å². The van der Waals surface area contributed by atoms with Gasteiger partial charge in [-0.05, 0) is 172 Å². The lowest BCUT2D eigenvalue weighted by Crippen LogP contribution is -2.34. The van der Waals surface area contributed by atoms with Gasteiger partial charge in [0.15, 0.2) is 0 Å². The number of aryl methyl sites for hydroxylation is 1. The van der Waals surface area contributed by atoms with Crippen molar-refractivity contribution in [1.29, 1.82) is 0 Å². The topological polar surface area (TPSA) is 16.3 Å². The zero-order valence-corrected chi connectivity index (χ0v) is 37.4. The second kappa shape index (κ2) is 17.5. The molecule has 66 heavy (non-hydrogen) atoms. The van der Waals surface area contributed by atoms with Gasteiger partial charge in [-0.15, -0.1) is 0 Å². The highest BCUT2D eigenvalue weighted by molar-refractivity contribution is 6.10. The summed E-state index contributed by atoms with van der Waals surface area (Å²) in [5.74, 6) is -0.376. The molecule has 2 aromatic heterocycles. The van der Waals surface area contributed by atoms with Crippen LogP contribution in [0.2, 0.25) is 0 Å². The molecular formula is C60H52F2N4. The van der Waals surface area contributed by atoms with Gasteiger partial charge in [0.2, 0.25) is 0 Å². The Morgan fingerprint density at radius 1 is 0.712 bits per heavy atom. The Bertz CT molecular complexity index is 3300. The van der Waals surface area contributed by atoms with E-state index in [1.54, 1.807) is 6.08 Å². The highest BCUT2D eigenvalue weighted by atomic mass is 19.1. The van der Waals surface area contributed by atoms with Crippen LogP contribution in [0.1, 0.15) is 68.8 Å². The molecular weight excluding hydrogens is 815 g/mol. The quantitative estimate of drug-likeness (QED) is 0.129. The van der Waals surface area contributed by atoms with Gasteiger partial charge in [-0.25, -0.2) is 8.78 Å². The molecule has 0 radical (unpaired) electrons. The number of para-hydroxylation sites is 2. The van der Waals surface area contributed by atoms with Crippen LogP contribution in [0.5, 0.6) is 0 Å². The Hall–Kier alpha value is -7.44. The van der Waals surface area contributed by atoms with Gasteiger partial charge in [-0.2, -0.15) is 0 Å². The molecule has 6 aromatic carbocycles. The van der Waals surface area contributed by atoms with E-state index in [4.69, 9.17) is 0 Å². The molecule has 2 heterocycles. The number of aromatic nitrogens is 2. The molecule has 8 aromatic rings. The largest absolute Gasteiger partial charge is 0.338 e. The SMILES string of the molecule is C/C(F)=C\CC(C)n1c2c(c3cc(N(C4=CC=CCC4)C4C=CC(c5ccc(N(c6ccccc6)c6ccc7c(c6)c6ccccc6n7-c6ccc(F)cc6)cc5)=CC4)ccc31)CCC=C2. The summed E-state index contributed by atoms with van der Waals surface area (Å²) in [5.41, 5.74) is 15.1. The van der Waals surface area contributed by atoms with Gasteiger partial charge >= 0.3 is 0 Å². The Morgan fingerprint density at radius 3 is 2.20 bits per heavy atom. The maximum Gasteiger partial charge on any atom is 0.123 e. The van der Waals surface area contributed by atoms with Crippen LogP contribution in [0.25, 0.3) is 50.0 Å². The summed E-state index contributed by atoms with van der Waals surface area (Å²) in [5, 5.41) is 3.58. The fraction of sp³-hybridized carbons (Fsp3) is 0.167. The first-order valence-electron chi connectivity index (χ1n) is 23.3. The monoisotopic (exact) mass is 866 g/mol. The summed E-state index contributed by atoms with van der Waals surface area (Å²) in [4.78, 5) is 4.88. The van der Waals surface area contributed by atoms with E-state index in [9.17, 15) is 8.78 Å². The Kier molecular flexibility index (Phi) is 10.9. The summed E-state index contributed by atoms with van der Waals surface area (Å²) < 4.78 is 32.5. The van der Waals surface area contributed by atoms with Gasteiger partial charge in [0.1, 0.15) is 5.82 Å². The Balaban J connectivity index is 0.903. The van der Waals surface area contributed by atoms with Crippen molar-refractivity contribution in [1.82, 2.24) is 9.13 Å². The molecule has 0 bridgehead atoms. The molecule has 0 aliphatic heterocycles. The van der Waals surface area contributed by atoms with Crippen LogP contribution in [0.15, 0.2) is 200 Å². The molecule has 3 aliphatic rings. The standard InChI is InChI=1S/C60H52F2N4/c1-41(61)21-22-42(2)63-57-19-11-9-17-53(57)55-39-51(35-37-59(55)63)64(46-13-5-3-6-14-46)48-29-23-43(24-30-48)44-25-31-49(32-26-44)65(47-15-7-4-8-16-47)52-36-38-60-56(40-52)54-18-10-12-20-58(54)66(60)50-33-27-45(62)28-34-50/h3-5,7-8,10-13,15-16,18-21,23-29,31-40,42,48H,6,9,14,17,22,30H2,1-2H3/b41-21+. The van der Waals surface area contributed by atoms with E-state index < -0.39 is 0 Å². The molecule has 0 fully saturated rings. The van der Waals surface area contributed by atoms with Gasteiger partial charge in [0.05, 0.1) is 22.9 Å². The first-order chi connectivity index (χ1) is 32.4. The average molecular weight is 867 g/mol. The lowest BCUT2D eigenvalue weighted by molar-refractivity contribution is 0.552. The molecule has 2 atom stereocenters. The summed E-state index contributed by atoms with van der Waals surface area (Å²) in [6.45, 7) is 3.73. The van der Waals surface area contributed by atoms with Crippen molar-refractivity contribution >= 4 is 67.1 Å². The summed E-state index contributed by atoms with van der Waals surface area (Å²) in [6.07, 6.45) is 25.7. The zero-order chi connectivity index (χ0) is 44.7. The van der Waals surface area contributed by atoms with Crippen molar-refractivity contribution in [3.63, 3.8) is 0 Å². The molecule has 0 N–H and O–H groups in total. The molecule has 0 spiro atoms. The van der Waals surface area contributed by atoms with E-state index >= 15 is 0 Å². The van der Waals surface area contributed by atoms with E-state index in [1.807, 2.05) is 12.1 Å². The first kappa shape index (κ1) is 41.3. The number of rotatable bonds is 11. The normalized spacial score (nSPS) is 16.4. The lowest BCUT2D eigenvalue weighted by Gasteiger charge is -2.36. The van der Waals surface area contributed by atoms with Crippen molar-refractivity contribution in [2.24, 2.45) is 0 Å². The number of allylic oxidation sites excluding steroid dienone is 9. The second-order valence-corrected chi connectivity index (χ2v) is 17.8. The predicted molar refractivity (Wildman–Crippen MR) is 273 cm³/mol. The lowest BCUT2D eigenvalue weighted by atomic mass is 9.94. The summed E-state index contributed by atoms with van der Waals surface area (Å²) in [7, 11) is 0. The number of nitrogens with zero attached hydrogens (tertiary/aromatic N) is 4. The molecule has 11 rings (SSSR count). The van der Waals surface area contributed by atoms with Gasteiger partial charge in [0, 0.05) is 67.5 Å². The second-order valence-electron chi connectivity index (χ2n) is 17.8. The van der Waals surface area contributed by atoms with Gasteiger partial charge in [0.25, 0.3) is 0 Å². The van der Waals surface area contributed by atoms with Gasteiger partial charge < -0.3 is 18.9 Å². The summed E-state index contributed by atoms with van der Waals surface area (Å²) in [6, 6.07) is 48.6.